The van der Waals surface area contributed by atoms with E-state index in [4.69, 9.17) is 16.5 Å². The first-order chi connectivity index (χ1) is 27.9. The summed E-state index contributed by atoms with van der Waals surface area (Å²) in [5, 5.41) is 2.28. The smallest absolute Gasteiger partial charge is 0.187 e. The SMILES string of the molecule is [C-]#[N+]c1ccc2ccc3c(c2c1)-c1ccc(-c2cc(-c4cccnc4)cc(-c4cc(-c5ccc(-c6ccccc6)cc5)nc(-c5ccccc5)n4)c2)cc1C3(C)C. The van der Waals surface area contributed by atoms with Crippen molar-refractivity contribution in [3.63, 3.8) is 0 Å². The van der Waals surface area contributed by atoms with E-state index in [0.717, 1.165) is 66.7 Å². The molecule has 0 spiro atoms. The molecular formula is C53H36N4. The summed E-state index contributed by atoms with van der Waals surface area (Å²) in [6.07, 6.45) is 3.73. The van der Waals surface area contributed by atoms with Gasteiger partial charge in [-0.3, -0.25) is 4.98 Å². The van der Waals surface area contributed by atoms with E-state index in [1.54, 1.807) is 0 Å². The van der Waals surface area contributed by atoms with Crippen molar-refractivity contribution in [2.24, 2.45) is 0 Å². The molecule has 4 heteroatoms. The first-order valence-corrected chi connectivity index (χ1v) is 19.2. The predicted octanol–water partition coefficient (Wildman–Crippen LogP) is 13.9. The molecule has 0 unspecified atom stereocenters. The number of nitrogens with zero attached hydrogens (tertiary/aromatic N) is 4. The van der Waals surface area contributed by atoms with Gasteiger partial charge in [0.25, 0.3) is 0 Å². The molecule has 57 heavy (non-hydrogen) atoms. The molecule has 0 fully saturated rings. The lowest BCUT2D eigenvalue weighted by atomic mass is 9.81. The van der Waals surface area contributed by atoms with Gasteiger partial charge < -0.3 is 0 Å². The van der Waals surface area contributed by atoms with Gasteiger partial charge in [-0.25, -0.2) is 14.8 Å². The normalized spacial score (nSPS) is 12.5. The number of hydrogen-bond acceptors (Lipinski definition) is 3. The molecule has 0 aliphatic heterocycles. The maximum atomic E-state index is 7.68. The second-order valence-corrected chi connectivity index (χ2v) is 15.2. The highest BCUT2D eigenvalue weighted by Gasteiger charge is 2.36. The van der Waals surface area contributed by atoms with Crippen LogP contribution in [-0.4, -0.2) is 15.0 Å². The molecule has 0 amide bonds. The van der Waals surface area contributed by atoms with E-state index in [1.165, 1.54) is 27.8 Å². The second kappa shape index (κ2) is 13.7. The summed E-state index contributed by atoms with van der Waals surface area (Å²) in [5.41, 5.74) is 16.8. The molecule has 1 aliphatic rings. The predicted molar refractivity (Wildman–Crippen MR) is 234 cm³/mol. The third-order valence-electron chi connectivity index (χ3n) is 11.4. The lowest BCUT2D eigenvalue weighted by Crippen LogP contribution is -2.15. The van der Waals surface area contributed by atoms with Gasteiger partial charge in [-0.15, -0.1) is 0 Å². The Morgan fingerprint density at radius 3 is 1.81 bits per heavy atom. The van der Waals surface area contributed by atoms with Crippen LogP contribution in [0.3, 0.4) is 0 Å². The Morgan fingerprint density at radius 1 is 0.474 bits per heavy atom. The molecule has 0 bridgehead atoms. The van der Waals surface area contributed by atoms with Crippen LogP contribution in [0.5, 0.6) is 0 Å². The molecule has 9 aromatic rings. The molecule has 0 saturated carbocycles. The summed E-state index contributed by atoms with van der Waals surface area (Å²) >= 11 is 0. The Hall–Kier alpha value is -7.48. The number of pyridine rings is 1. The monoisotopic (exact) mass is 728 g/mol. The van der Waals surface area contributed by atoms with Crippen LogP contribution in [0.4, 0.5) is 5.69 Å². The maximum absolute atomic E-state index is 7.68. The molecule has 1 aliphatic carbocycles. The molecule has 0 saturated heterocycles. The van der Waals surface area contributed by atoms with E-state index in [-0.39, 0.29) is 5.41 Å². The van der Waals surface area contributed by atoms with Gasteiger partial charge in [0.1, 0.15) is 0 Å². The summed E-state index contributed by atoms with van der Waals surface area (Å²) in [4.78, 5) is 18.6. The van der Waals surface area contributed by atoms with Gasteiger partial charge in [-0.2, -0.15) is 0 Å². The Labute approximate surface area is 332 Å². The third-order valence-corrected chi connectivity index (χ3v) is 11.4. The van der Waals surface area contributed by atoms with Crippen LogP contribution in [0.2, 0.25) is 0 Å². The average Bonchev–Trinajstić information content (AvgIpc) is 3.52. The van der Waals surface area contributed by atoms with E-state index in [0.29, 0.717) is 11.5 Å². The molecule has 4 nitrogen and oxygen atoms in total. The molecular weight excluding hydrogens is 693 g/mol. The molecule has 10 rings (SSSR count). The highest BCUT2D eigenvalue weighted by Crippen LogP contribution is 2.52. The van der Waals surface area contributed by atoms with Crippen molar-refractivity contribution in [1.82, 2.24) is 15.0 Å². The number of hydrogen-bond donors (Lipinski definition) is 0. The molecule has 2 aromatic heterocycles. The molecule has 2 heterocycles. The highest BCUT2D eigenvalue weighted by molar-refractivity contribution is 6.04. The van der Waals surface area contributed by atoms with E-state index in [2.05, 4.69) is 151 Å². The Bertz CT molecular complexity index is 3020. The van der Waals surface area contributed by atoms with E-state index < -0.39 is 0 Å². The van der Waals surface area contributed by atoms with Crippen LogP contribution in [0, 0.1) is 6.57 Å². The summed E-state index contributed by atoms with van der Waals surface area (Å²) in [6.45, 7) is 12.3. The minimum atomic E-state index is -0.227. The van der Waals surface area contributed by atoms with Crippen molar-refractivity contribution in [3.8, 4) is 78.4 Å². The largest absolute Gasteiger partial charge is 0.264 e. The lowest BCUT2D eigenvalue weighted by molar-refractivity contribution is 0.661. The van der Waals surface area contributed by atoms with Crippen LogP contribution < -0.4 is 0 Å². The standard InChI is InChI=1S/C53H36N4/c1-53(2)47-25-22-36-20-23-44(54-3)31-46(36)51(47)45-24-21-39(30-48(45)53)41-27-42(40-15-10-26-55-33-40)29-43(28-41)50-32-49(56-52(57-50)38-13-8-5-9-14-38)37-18-16-35(17-19-37)34-11-6-4-7-12-34/h4-33H,1-2H3. The molecule has 0 atom stereocenters. The molecule has 7 aromatic carbocycles. The van der Waals surface area contributed by atoms with Gasteiger partial charge in [0, 0.05) is 40.1 Å². The number of aromatic nitrogens is 3. The summed E-state index contributed by atoms with van der Waals surface area (Å²) in [6, 6.07) is 59.5. The minimum absolute atomic E-state index is 0.227. The second-order valence-electron chi connectivity index (χ2n) is 15.2. The first-order valence-electron chi connectivity index (χ1n) is 19.2. The topological polar surface area (TPSA) is 43.0 Å². The fourth-order valence-corrected chi connectivity index (χ4v) is 8.36. The number of benzene rings is 7. The zero-order chi connectivity index (χ0) is 38.5. The van der Waals surface area contributed by atoms with Crippen LogP contribution in [0.1, 0.15) is 25.0 Å². The summed E-state index contributed by atoms with van der Waals surface area (Å²) < 4.78 is 0. The van der Waals surface area contributed by atoms with Crippen molar-refractivity contribution in [3.05, 3.63) is 205 Å². The van der Waals surface area contributed by atoms with Crippen molar-refractivity contribution >= 4 is 16.5 Å². The third kappa shape index (κ3) is 6.07. The van der Waals surface area contributed by atoms with Crippen molar-refractivity contribution in [2.45, 2.75) is 19.3 Å². The van der Waals surface area contributed by atoms with Gasteiger partial charge >= 0.3 is 0 Å². The van der Waals surface area contributed by atoms with Crippen LogP contribution in [0.25, 0.3) is 94.0 Å². The van der Waals surface area contributed by atoms with Crippen molar-refractivity contribution in [2.75, 3.05) is 0 Å². The highest BCUT2D eigenvalue weighted by atomic mass is 14.9. The lowest BCUT2D eigenvalue weighted by Gasteiger charge is -2.22. The van der Waals surface area contributed by atoms with Gasteiger partial charge in [0.2, 0.25) is 0 Å². The maximum Gasteiger partial charge on any atom is 0.187 e. The van der Waals surface area contributed by atoms with E-state index in [9.17, 15) is 0 Å². The van der Waals surface area contributed by atoms with Gasteiger partial charge in [0.05, 0.1) is 18.0 Å². The fourth-order valence-electron chi connectivity index (χ4n) is 8.36. The summed E-state index contributed by atoms with van der Waals surface area (Å²) in [5.74, 6) is 0.675. The molecule has 268 valence electrons. The minimum Gasteiger partial charge on any atom is -0.264 e. The number of fused-ring (bicyclic) bond motifs is 5. The fraction of sp³-hybridized carbons (Fsp3) is 0.0566. The Morgan fingerprint density at radius 2 is 1.09 bits per heavy atom. The first kappa shape index (κ1) is 34.0. The van der Waals surface area contributed by atoms with Crippen LogP contribution >= 0.6 is 0 Å². The average molecular weight is 729 g/mol. The van der Waals surface area contributed by atoms with Gasteiger partial charge in [-0.1, -0.05) is 141 Å². The Balaban J connectivity index is 1.14. The van der Waals surface area contributed by atoms with Crippen molar-refractivity contribution < 1.29 is 0 Å². The van der Waals surface area contributed by atoms with Crippen LogP contribution in [0.15, 0.2) is 182 Å². The van der Waals surface area contributed by atoms with Gasteiger partial charge in [-0.05, 0) is 103 Å². The zero-order valence-corrected chi connectivity index (χ0v) is 31.6. The number of rotatable bonds is 6. The van der Waals surface area contributed by atoms with Crippen LogP contribution in [-0.2, 0) is 5.41 Å². The van der Waals surface area contributed by atoms with E-state index >= 15 is 0 Å². The van der Waals surface area contributed by atoms with Crippen molar-refractivity contribution in [1.29, 1.82) is 0 Å². The molecule has 0 N–H and O–H groups in total. The Kier molecular flexibility index (Phi) is 8.17. The summed E-state index contributed by atoms with van der Waals surface area (Å²) in [7, 11) is 0. The van der Waals surface area contributed by atoms with E-state index in [1.807, 2.05) is 54.9 Å². The molecule has 0 radical (unpaired) electrons. The quantitative estimate of drug-likeness (QED) is 0.160. The zero-order valence-electron chi connectivity index (χ0n) is 31.6. The van der Waals surface area contributed by atoms with Gasteiger partial charge in [0.15, 0.2) is 11.5 Å².